The van der Waals surface area contributed by atoms with Crippen LogP contribution in [0.15, 0.2) is 4.52 Å². The minimum atomic E-state index is -0.851. The van der Waals surface area contributed by atoms with Gasteiger partial charge in [-0.15, -0.1) is 0 Å². The van der Waals surface area contributed by atoms with Gasteiger partial charge < -0.3 is 9.63 Å². The van der Waals surface area contributed by atoms with Crippen LogP contribution in [0.5, 0.6) is 0 Å². The number of rotatable bonds is 2. The van der Waals surface area contributed by atoms with Gasteiger partial charge in [0.25, 0.3) is 0 Å². The molecule has 0 aliphatic heterocycles. The van der Waals surface area contributed by atoms with Crippen molar-refractivity contribution in [2.45, 2.75) is 39.5 Å². The molecule has 15 heavy (non-hydrogen) atoms. The van der Waals surface area contributed by atoms with Gasteiger partial charge in [0.2, 0.25) is 0 Å². The molecule has 1 aliphatic carbocycles. The summed E-state index contributed by atoms with van der Waals surface area (Å²) in [4.78, 5) is 10.6. The first-order chi connectivity index (χ1) is 6.98. The van der Waals surface area contributed by atoms with Crippen molar-refractivity contribution in [2.75, 3.05) is 0 Å². The molecule has 0 saturated heterocycles. The predicted molar refractivity (Wildman–Crippen MR) is 53.6 cm³/mol. The van der Waals surface area contributed by atoms with Crippen LogP contribution in [0, 0.1) is 5.41 Å². The molecule has 1 aromatic heterocycles. The molecule has 0 unspecified atom stereocenters. The normalized spacial score (nSPS) is 18.5. The van der Waals surface area contributed by atoms with Crippen LogP contribution in [-0.4, -0.2) is 16.2 Å². The third-order valence-corrected chi connectivity index (χ3v) is 2.96. The topological polar surface area (TPSA) is 63.3 Å². The van der Waals surface area contributed by atoms with Gasteiger partial charge in [-0.2, -0.15) is 0 Å². The zero-order valence-electron chi connectivity index (χ0n) is 9.04. The number of carboxylic acids is 1. The van der Waals surface area contributed by atoms with Crippen molar-refractivity contribution in [3.8, 4) is 0 Å². The molecule has 82 valence electrons. The lowest BCUT2D eigenvalue weighted by Crippen LogP contribution is -2.21. The SMILES string of the molecule is CC1(C)CCc2c(CC(=O)O)noc2C1. The van der Waals surface area contributed by atoms with E-state index in [1.807, 2.05) is 0 Å². The number of carbonyl (C=O) groups is 1. The van der Waals surface area contributed by atoms with Gasteiger partial charge in [0.1, 0.15) is 5.76 Å². The van der Waals surface area contributed by atoms with E-state index in [-0.39, 0.29) is 11.8 Å². The minimum absolute atomic E-state index is 0.0285. The molecule has 1 heterocycles. The molecule has 2 rings (SSSR count). The van der Waals surface area contributed by atoms with Gasteiger partial charge in [-0.25, -0.2) is 0 Å². The van der Waals surface area contributed by atoms with Crippen molar-refractivity contribution in [1.82, 2.24) is 5.16 Å². The van der Waals surface area contributed by atoms with Gasteiger partial charge in [0.15, 0.2) is 0 Å². The summed E-state index contributed by atoms with van der Waals surface area (Å²) in [5.74, 6) is 0.0263. The fraction of sp³-hybridized carbons (Fsp3) is 0.636. The van der Waals surface area contributed by atoms with E-state index in [1.54, 1.807) is 0 Å². The maximum absolute atomic E-state index is 10.6. The van der Waals surface area contributed by atoms with Crippen molar-refractivity contribution in [2.24, 2.45) is 5.41 Å². The van der Waals surface area contributed by atoms with Gasteiger partial charge in [-0.1, -0.05) is 19.0 Å². The van der Waals surface area contributed by atoms with Crippen molar-refractivity contribution in [1.29, 1.82) is 0 Å². The van der Waals surface area contributed by atoms with Crippen molar-refractivity contribution < 1.29 is 14.4 Å². The molecule has 0 spiro atoms. The fourth-order valence-corrected chi connectivity index (χ4v) is 2.07. The number of carboxylic acid groups (broad SMARTS) is 1. The third kappa shape index (κ3) is 2.03. The fourth-order valence-electron chi connectivity index (χ4n) is 2.07. The maximum atomic E-state index is 10.6. The molecule has 0 atom stereocenters. The van der Waals surface area contributed by atoms with Crippen LogP contribution >= 0.6 is 0 Å². The zero-order chi connectivity index (χ0) is 11.1. The highest BCUT2D eigenvalue weighted by atomic mass is 16.5. The first-order valence-corrected chi connectivity index (χ1v) is 5.16. The lowest BCUT2D eigenvalue weighted by Gasteiger charge is -2.27. The average molecular weight is 209 g/mol. The molecular formula is C11H15NO3. The van der Waals surface area contributed by atoms with Crippen LogP contribution < -0.4 is 0 Å². The molecule has 0 fully saturated rings. The van der Waals surface area contributed by atoms with E-state index in [4.69, 9.17) is 9.63 Å². The van der Waals surface area contributed by atoms with Gasteiger partial charge in [0.05, 0.1) is 12.1 Å². The Morgan fingerprint density at radius 3 is 3.00 bits per heavy atom. The highest BCUT2D eigenvalue weighted by Gasteiger charge is 2.30. The molecule has 1 N–H and O–H groups in total. The molecule has 4 heteroatoms. The van der Waals surface area contributed by atoms with Crippen LogP contribution in [0.4, 0.5) is 0 Å². The Morgan fingerprint density at radius 2 is 2.33 bits per heavy atom. The van der Waals surface area contributed by atoms with Crippen LogP contribution in [0.25, 0.3) is 0 Å². The second kappa shape index (κ2) is 3.36. The second-order valence-electron chi connectivity index (χ2n) is 4.94. The number of fused-ring (bicyclic) bond motifs is 1. The zero-order valence-corrected chi connectivity index (χ0v) is 9.04. The van der Waals surface area contributed by atoms with E-state index in [0.29, 0.717) is 5.69 Å². The number of hydrogen-bond acceptors (Lipinski definition) is 3. The first-order valence-electron chi connectivity index (χ1n) is 5.16. The summed E-state index contributed by atoms with van der Waals surface area (Å²) in [5.41, 5.74) is 1.87. The Morgan fingerprint density at radius 1 is 1.60 bits per heavy atom. The van der Waals surface area contributed by atoms with Crippen molar-refractivity contribution in [3.05, 3.63) is 17.0 Å². The summed E-state index contributed by atoms with van der Waals surface area (Å²) in [6.07, 6.45) is 2.77. The van der Waals surface area contributed by atoms with E-state index >= 15 is 0 Å². The van der Waals surface area contributed by atoms with Crippen LogP contribution in [-0.2, 0) is 24.1 Å². The Hall–Kier alpha value is -1.32. The molecule has 0 amide bonds. The van der Waals surface area contributed by atoms with Gasteiger partial charge in [0, 0.05) is 12.0 Å². The predicted octanol–water partition coefficient (Wildman–Crippen LogP) is 1.82. The number of hydrogen-bond donors (Lipinski definition) is 1. The van der Waals surface area contributed by atoms with Gasteiger partial charge >= 0.3 is 5.97 Å². The molecule has 0 saturated carbocycles. The largest absolute Gasteiger partial charge is 0.481 e. The van der Waals surface area contributed by atoms with Crippen molar-refractivity contribution in [3.63, 3.8) is 0 Å². The summed E-state index contributed by atoms with van der Waals surface area (Å²) in [6.45, 7) is 4.38. The third-order valence-electron chi connectivity index (χ3n) is 2.96. The maximum Gasteiger partial charge on any atom is 0.309 e. The van der Waals surface area contributed by atoms with E-state index in [1.165, 1.54) is 0 Å². The molecule has 0 bridgehead atoms. The van der Waals surface area contributed by atoms with E-state index in [0.717, 1.165) is 30.6 Å². The summed E-state index contributed by atoms with van der Waals surface area (Å²) < 4.78 is 5.21. The molecule has 0 radical (unpaired) electrons. The average Bonchev–Trinajstić information content (AvgIpc) is 2.45. The highest BCUT2D eigenvalue weighted by Crippen LogP contribution is 2.36. The summed E-state index contributed by atoms with van der Waals surface area (Å²) >= 11 is 0. The number of aliphatic carboxylic acids is 1. The second-order valence-corrected chi connectivity index (χ2v) is 4.94. The van der Waals surface area contributed by atoms with E-state index < -0.39 is 5.97 Å². The standard InChI is InChI=1S/C11H15NO3/c1-11(2)4-3-7-8(5-10(13)14)12-15-9(7)6-11/h3-6H2,1-2H3,(H,13,14). The van der Waals surface area contributed by atoms with Crippen molar-refractivity contribution >= 4 is 5.97 Å². The summed E-state index contributed by atoms with van der Waals surface area (Å²) in [5, 5.41) is 12.6. The lowest BCUT2D eigenvalue weighted by atomic mass is 9.76. The highest BCUT2D eigenvalue weighted by molar-refractivity contribution is 5.70. The summed E-state index contributed by atoms with van der Waals surface area (Å²) in [7, 11) is 0. The smallest absolute Gasteiger partial charge is 0.309 e. The van der Waals surface area contributed by atoms with E-state index in [9.17, 15) is 4.79 Å². The monoisotopic (exact) mass is 209 g/mol. The first kappa shape index (κ1) is 10.2. The number of aromatic nitrogens is 1. The Balaban J connectivity index is 2.26. The number of nitrogens with zero attached hydrogens (tertiary/aromatic N) is 1. The van der Waals surface area contributed by atoms with E-state index in [2.05, 4.69) is 19.0 Å². The molecular weight excluding hydrogens is 194 g/mol. The molecule has 1 aromatic rings. The van der Waals surface area contributed by atoms with Crippen LogP contribution in [0.2, 0.25) is 0 Å². The summed E-state index contributed by atoms with van der Waals surface area (Å²) in [6, 6.07) is 0. The quantitative estimate of drug-likeness (QED) is 0.806. The van der Waals surface area contributed by atoms with Crippen LogP contribution in [0.3, 0.4) is 0 Å². The minimum Gasteiger partial charge on any atom is -0.481 e. The lowest BCUT2D eigenvalue weighted by molar-refractivity contribution is -0.136. The van der Waals surface area contributed by atoms with Gasteiger partial charge in [-0.3, -0.25) is 4.79 Å². The Bertz CT molecular complexity index is 393. The molecule has 0 aromatic carbocycles. The van der Waals surface area contributed by atoms with Gasteiger partial charge in [-0.05, 0) is 18.3 Å². The Kier molecular flexibility index (Phi) is 2.29. The molecule has 4 nitrogen and oxygen atoms in total. The molecule has 1 aliphatic rings. The van der Waals surface area contributed by atoms with Crippen LogP contribution in [0.1, 0.15) is 37.3 Å². The Labute approximate surface area is 88.3 Å².